The zero-order valence-corrected chi connectivity index (χ0v) is 12.5. The van der Waals surface area contributed by atoms with Crippen molar-refractivity contribution in [2.24, 2.45) is 5.73 Å². The van der Waals surface area contributed by atoms with E-state index >= 15 is 0 Å². The molecule has 0 saturated heterocycles. The second kappa shape index (κ2) is 5.38. The minimum Gasteiger partial charge on any atom is -0.329 e. The zero-order chi connectivity index (χ0) is 14.1. The first-order valence-electron chi connectivity index (χ1n) is 6.00. The first-order valence-corrected chi connectivity index (χ1v) is 7.48. The van der Waals surface area contributed by atoms with Gasteiger partial charge in [-0.05, 0) is 56.9 Å². The van der Waals surface area contributed by atoms with E-state index in [4.69, 9.17) is 5.73 Å². The van der Waals surface area contributed by atoms with Crippen LogP contribution in [-0.2, 0) is 10.0 Å². The molecule has 4 nitrogen and oxygen atoms in total. The molecule has 0 spiro atoms. The number of rotatable bonds is 4. The first kappa shape index (κ1) is 15.1. The van der Waals surface area contributed by atoms with Crippen LogP contribution in [0.4, 0.5) is 0 Å². The molecular weight excluding hydrogens is 248 g/mol. The van der Waals surface area contributed by atoms with Crippen molar-refractivity contribution >= 4 is 10.0 Å². The quantitative estimate of drug-likeness (QED) is 0.872. The maximum atomic E-state index is 12.4. The fraction of sp³-hybridized carbons (Fsp3) is 0.538. The summed E-state index contributed by atoms with van der Waals surface area (Å²) in [6, 6.07) is 1.74. The molecule has 1 aromatic carbocycles. The Labute approximate surface area is 110 Å². The Morgan fingerprint density at radius 1 is 1.17 bits per heavy atom. The number of benzene rings is 1. The lowest BCUT2D eigenvalue weighted by molar-refractivity contribution is 0.561. The van der Waals surface area contributed by atoms with Gasteiger partial charge in [-0.25, -0.2) is 13.1 Å². The molecule has 0 fully saturated rings. The maximum absolute atomic E-state index is 12.4. The van der Waals surface area contributed by atoms with Gasteiger partial charge in [0, 0.05) is 12.6 Å². The molecule has 1 atom stereocenters. The third-order valence-corrected chi connectivity index (χ3v) is 5.14. The largest absolute Gasteiger partial charge is 0.329 e. The van der Waals surface area contributed by atoms with Gasteiger partial charge in [-0.1, -0.05) is 6.07 Å². The molecular formula is C13H22N2O2S. The Morgan fingerprint density at radius 3 is 2.00 bits per heavy atom. The molecule has 18 heavy (non-hydrogen) atoms. The van der Waals surface area contributed by atoms with E-state index in [2.05, 4.69) is 4.72 Å². The number of nitrogens with one attached hydrogen (secondary N) is 1. The van der Waals surface area contributed by atoms with Crippen LogP contribution < -0.4 is 10.5 Å². The monoisotopic (exact) mass is 270 g/mol. The van der Waals surface area contributed by atoms with Gasteiger partial charge in [-0.3, -0.25) is 0 Å². The number of aryl methyl sites for hydroxylation is 2. The van der Waals surface area contributed by atoms with Crippen LogP contribution in [0.1, 0.15) is 29.2 Å². The average Bonchev–Trinajstić information content (AvgIpc) is 2.25. The van der Waals surface area contributed by atoms with E-state index in [-0.39, 0.29) is 12.6 Å². The van der Waals surface area contributed by atoms with Gasteiger partial charge in [-0.15, -0.1) is 0 Å². The fourth-order valence-corrected chi connectivity index (χ4v) is 3.83. The third-order valence-electron chi connectivity index (χ3n) is 3.28. The van der Waals surface area contributed by atoms with E-state index in [0.29, 0.717) is 4.90 Å². The van der Waals surface area contributed by atoms with Gasteiger partial charge in [-0.2, -0.15) is 0 Å². The normalized spacial score (nSPS) is 13.7. The van der Waals surface area contributed by atoms with E-state index in [1.807, 2.05) is 33.8 Å². The number of nitrogens with two attached hydrogens (primary N) is 1. The van der Waals surface area contributed by atoms with Crippen molar-refractivity contribution in [2.45, 2.75) is 45.6 Å². The Morgan fingerprint density at radius 2 is 1.61 bits per heavy atom. The van der Waals surface area contributed by atoms with Gasteiger partial charge in [0.15, 0.2) is 0 Å². The second-order valence-electron chi connectivity index (χ2n) is 4.85. The molecule has 1 rings (SSSR count). The molecule has 0 bridgehead atoms. The summed E-state index contributed by atoms with van der Waals surface area (Å²) in [4.78, 5) is 0.389. The Balaban J connectivity index is 3.41. The van der Waals surface area contributed by atoms with Crippen LogP contribution in [0.15, 0.2) is 11.0 Å². The molecule has 1 aromatic rings. The van der Waals surface area contributed by atoms with E-state index < -0.39 is 10.0 Å². The Bertz CT molecular complexity index is 524. The van der Waals surface area contributed by atoms with Crippen LogP contribution in [-0.4, -0.2) is 21.0 Å². The number of hydrogen-bond donors (Lipinski definition) is 2. The fourth-order valence-electron chi connectivity index (χ4n) is 1.96. The summed E-state index contributed by atoms with van der Waals surface area (Å²) in [5, 5.41) is 0. The third kappa shape index (κ3) is 2.91. The minimum atomic E-state index is -3.51. The van der Waals surface area contributed by atoms with Gasteiger partial charge in [0.05, 0.1) is 4.90 Å². The van der Waals surface area contributed by atoms with Crippen LogP contribution in [0, 0.1) is 27.7 Å². The van der Waals surface area contributed by atoms with Crippen LogP contribution in [0.5, 0.6) is 0 Å². The molecule has 0 aliphatic carbocycles. The van der Waals surface area contributed by atoms with Crippen LogP contribution in [0.25, 0.3) is 0 Å². The number of hydrogen-bond acceptors (Lipinski definition) is 3. The van der Waals surface area contributed by atoms with E-state index in [1.54, 1.807) is 6.92 Å². The summed E-state index contributed by atoms with van der Waals surface area (Å²) < 4.78 is 27.4. The summed E-state index contributed by atoms with van der Waals surface area (Å²) >= 11 is 0. The summed E-state index contributed by atoms with van der Waals surface area (Å²) in [6.07, 6.45) is 0. The minimum absolute atomic E-state index is 0.269. The van der Waals surface area contributed by atoms with E-state index in [0.717, 1.165) is 22.3 Å². The highest BCUT2D eigenvalue weighted by Crippen LogP contribution is 2.25. The molecule has 0 saturated carbocycles. The molecule has 102 valence electrons. The summed E-state index contributed by atoms with van der Waals surface area (Å²) in [7, 11) is -3.51. The van der Waals surface area contributed by atoms with Crippen molar-refractivity contribution in [1.82, 2.24) is 4.72 Å². The van der Waals surface area contributed by atoms with Gasteiger partial charge < -0.3 is 5.73 Å². The highest BCUT2D eigenvalue weighted by Gasteiger charge is 2.23. The predicted molar refractivity (Wildman–Crippen MR) is 74.2 cm³/mol. The summed E-state index contributed by atoms with van der Waals surface area (Å²) in [5.41, 5.74) is 9.04. The van der Waals surface area contributed by atoms with Crippen LogP contribution in [0.2, 0.25) is 0 Å². The molecule has 0 aromatic heterocycles. The van der Waals surface area contributed by atoms with Gasteiger partial charge in [0.2, 0.25) is 10.0 Å². The molecule has 5 heteroatoms. The van der Waals surface area contributed by atoms with Crippen molar-refractivity contribution in [1.29, 1.82) is 0 Å². The van der Waals surface area contributed by atoms with Crippen molar-refractivity contribution in [3.8, 4) is 0 Å². The topological polar surface area (TPSA) is 72.2 Å². The molecule has 0 radical (unpaired) electrons. The Hall–Kier alpha value is -0.910. The van der Waals surface area contributed by atoms with Crippen molar-refractivity contribution in [3.63, 3.8) is 0 Å². The lowest BCUT2D eigenvalue weighted by Crippen LogP contribution is -2.38. The first-order chi connectivity index (χ1) is 8.20. The van der Waals surface area contributed by atoms with E-state index in [9.17, 15) is 8.42 Å². The van der Waals surface area contributed by atoms with Crippen molar-refractivity contribution in [3.05, 3.63) is 28.3 Å². The van der Waals surface area contributed by atoms with Gasteiger partial charge >= 0.3 is 0 Å². The molecule has 0 amide bonds. The second-order valence-corrected chi connectivity index (χ2v) is 6.50. The highest BCUT2D eigenvalue weighted by atomic mass is 32.2. The van der Waals surface area contributed by atoms with E-state index in [1.165, 1.54) is 0 Å². The SMILES string of the molecule is Cc1cc(C)c(C)c(S(=O)(=O)NC(C)CN)c1C. The average molecular weight is 270 g/mol. The molecule has 0 heterocycles. The van der Waals surface area contributed by atoms with Crippen LogP contribution in [0.3, 0.4) is 0 Å². The highest BCUT2D eigenvalue weighted by molar-refractivity contribution is 7.89. The number of sulfonamides is 1. The molecule has 0 aliphatic rings. The Kier molecular flexibility index (Phi) is 4.53. The van der Waals surface area contributed by atoms with Crippen LogP contribution >= 0.6 is 0 Å². The van der Waals surface area contributed by atoms with Gasteiger partial charge in [0.1, 0.15) is 0 Å². The van der Waals surface area contributed by atoms with Crippen molar-refractivity contribution in [2.75, 3.05) is 6.54 Å². The summed E-state index contributed by atoms with van der Waals surface area (Å²) in [6.45, 7) is 9.56. The molecule has 0 aliphatic heterocycles. The lowest BCUT2D eigenvalue weighted by atomic mass is 10.0. The molecule has 1 unspecified atom stereocenters. The van der Waals surface area contributed by atoms with Crippen molar-refractivity contribution < 1.29 is 8.42 Å². The lowest BCUT2D eigenvalue weighted by Gasteiger charge is -2.18. The summed E-state index contributed by atoms with van der Waals surface area (Å²) in [5.74, 6) is 0. The smallest absolute Gasteiger partial charge is 0.241 e. The predicted octanol–water partition coefficient (Wildman–Crippen LogP) is 1.55. The zero-order valence-electron chi connectivity index (χ0n) is 11.7. The molecule has 3 N–H and O–H groups in total. The van der Waals surface area contributed by atoms with Gasteiger partial charge in [0.25, 0.3) is 0 Å². The standard InChI is InChI=1S/C13H22N2O2S/c1-8-6-9(2)12(5)13(11(8)4)18(16,17)15-10(3)7-14/h6,10,15H,7,14H2,1-5H3. The maximum Gasteiger partial charge on any atom is 0.241 e.